The Bertz CT molecular complexity index is 378. The molecular formula is C14H17BrO. The van der Waals surface area contributed by atoms with Crippen molar-refractivity contribution in [3.63, 3.8) is 0 Å². The molecule has 1 aliphatic heterocycles. The average Bonchev–Trinajstić information content (AvgIpc) is 3.14. The van der Waals surface area contributed by atoms with Gasteiger partial charge in [-0.05, 0) is 48.8 Å². The van der Waals surface area contributed by atoms with Crippen LogP contribution in [0.25, 0.3) is 0 Å². The third-order valence-corrected chi connectivity index (χ3v) is 4.36. The Labute approximate surface area is 105 Å². The molecule has 1 saturated carbocycles. The molecule has 2 heteroatoms. The van der Waals surface area contributed by atoms with Crippen LogP contribution in [-0.2, 0) is 4.74 Å². The zero-order valence-corrected chi connectivity index (χ0v) is 11.0. The fraction of sp³-hybridized carbons (Fsp3) is 0.571. The number of rotatable bonds is 2. The number of benzene rings is 1. The lowest BCUT2D eigenvalue weighted by molar-refractivity contribution is 0.0802. The van der Waals surface area contributed by atoms with Crippen molar-refractivity contribution in [2.75, 3.05) is 13.2 Å². The van der Waals surface area contributed by atoms with E-state index in [2.05, 4.69) is 34.1 Å². The van der Waals surface area contributed by atoms with Gasteiger partial charge in [0.15, 0.2) is 0 Å². The topological polar surface area (TPSA) is 9.23 Å². The number of hydrogen-bond acceptors (Lipinski definition) is 1. The van der Waals surface area contributed by atoms with Crippen molar-refractivity contribution in [3.8, 4) is 0 Å². The first-order valence-electron chi connectivity index (χ1n) is 6.21. The number of hydrogen-bond donors (Lipinski definition) is 0. The lowest BCUT2D eigenvalue weighted by Gasteiger charge is -2.23. The van der Waals surface area contributed by atoms with Crippen LogP contribution in [0.4, 0.5) is 0 Å². The standard InChI is InChI=1S/C14H17BrO/c15-14-8-11(10-3-4-10)5-6-13(14)12-2-1-7-16-9-12/h5-6,8,10,12H,1-4,7,9H2. The van der Waals surface area contributed by atoms with Crippen LogP contribution in [0.2, 0.25) is 0 Å². The first kappa shape index (κ1) is 10.8. The number of ether oxygens (including phenoxy) is 1. The lowest BCUT2D eigenvalue weighted by atomic mass is 9.92. The van der Waals surface area contributed by atoms with E-state index in [0.717, 1.165) is 19.1 Å². The number of halogens is 1. The fourth-order valence-corrected chi connectivity index (χ4v) is 3.25. The Kier molecular flexibility index (Phi) is 3.03. The van der Waals surface area contributed by atoms with E-state index in [1.807, 2.05) is 0 Å². The third kappa shape index (κ3) is 2.18. The van der Waals surface area contributed by atoms with E-state index in [1.165, 1.54) is 41.3 Å². The molecule has 0 spiro atoms. The Morgan fingerprint density at radius 2 is 2.00 bits per heavy atom. The quantitative estimate of drug-likeness (QED) is 0.788. The summed E-state index contributed by atoms with van der Waals surface area (Å²) in [4.78, 5) is 0. The van der Waals surface area contributed by atoms with Gasteiger partial charge in [0.05, 0.1) is 6.61 Å². The second-order valence-electron chi connectivity index (χ2n) is 4.97. The molecule has 0 amide bonds. The van der Waals surface area contributed by atoms with Gasteiger partial charge in [0.1, 0.15) is 0 Å². The van der Waals surface area contributed by atoms with E-state index >= 15 is 0 Å². The average molecular weight is 281 g/mol. The summed E-state index contributed by atoms with van der Waals surface area (Å²) in [6, 6.07) is 6.94. The largest absolute Gasteiger partial charge is 0.381 e. The normalized spacial score (nSPS) is 25.7. The predicted molar refractivity (Wildman–Crippen MR) is 68.9 cm³/mol. The molecule has 0 bridgehead atoms. The van der Waals surface area contributed by atoms with Crippen molar-refractivity contribution in [3.05, 3.63) is 33.8 Å². The summed E-state index contributed by atoms with van der Waals surface area (Å²) < 4.78 is 6.85. The molecule has 0 radical (unpaired) electrons. The molecule has 0 aromatic heterocycles. The zero-order valence-electron chi connectivity index (χ0n) is 9.42. The zero-order chi connectivity index (χ0) is 11.0. The summed E-state index contributed by atoms with van der Waals surface area (Å²) in [5, 5.41) is 0. The summed E-state index contributed by atoms with van der Waals surface area (Å²) in [5.74, 6) is 1.43. The van der Waals surface area contributed by atoms with Gasteiger partial charge in [0.25, 0.3) is 0 Å². The van der Waals surface area contributed by atoms with Crippen LogP contribution in [0.5, 0.6) is 0 Å². The smallest absolute Gasteiger partial charge is 0.0535 e. The molecule has 1 unspecified atom stereocenters. The van der Waals surface area contributed by atoms with Crippen LogP contribution in [0.15, 0.2) is 22.7 Å². The Morgan fingerprint density at radius 1 is 1.12 bits per heavy atom. The van der Waals surface area contributed by atoms with Gasteiger partial charge >= 0.3 is 0 Å². The van der Waals surface area contributed by atoms with Crippen molar-refractivity contribution in [2.45, 2.75) is 37.5 Å². The molecule has 16 heavy (non-hydrogen) atoms. The lowest BCUT2D eigenvalue weighted by Crippen LogP contribution is -2.15. The van der Waals surface area contributed by atoms with Gasteiger partial charge in [-0.25, -0.2) is 0 Å². The van der Waals surface area contributed by atoms with Crippen molar-refractivity contribution in [1.82, 2.24) is 0 Å². The third-order valence-electron chi connectivity index (χ3n) is 3.67. The second-order valence-corrected chi connectivity index (χ2v) is 5.82. The maximum atomic E-state index is 5.56. The molecule has 1 heterocycles. The molecule has 1 nitrogen and oxygen atoms in total. The van der Waals surface area contributed by atoms with Gasteiger partial charge in [-0.1, -0.05) is 28.1 Å². The van der Waals surface area contributed by atoms with Crippen LogP contribution in [0.1, 0.15) is 48.6 Å². The van der Waals surface area contributed by atoms with E-state index < -0.39 is 0 Å². The summed E-state index contributed by atoms with van der Waals surface area (Å²) in [6.07, 6.45) is 5.21. The van der Waals surface area contributed by atoms with Gasteiger partial charge in [-0.2, -0.15) is 0 Å². The molecule has 1 saturated heterocycles. The molecule has 1 aromatic carbocycles. The second kappa shape index (κ2) is 4.50. The Balaban J connectivity index is 1.83. The van der Waals surface area contributed by atoms with Crippen LogP contribution in [-0.4, -0.2) is 13.2 Å². The highest BCUT2D eigenvalue weighted by atomic mass is 79.9. The van der Waals surface area contributed by atoms with Crippen LogP contribution < -0.4 is 0 Å². The minimum Gasteiger partial charge on any atom is -0.381 e. The highest BCUT2D eigenvalue weighted by molar-refractivity contribution is 9.10. The molecule has 2 aliphatic rings. The Morgan fingerprint density at radius 3 is 2.62 bits per heavy atom. The molecule has 1 atom stereocenters. The molecule has 1 aromatic rings. The van der Waals surface area contributed by atoms with Crippen molar-refractivity contribution in [2.24, 2.45) is 0 Å². The molecule has 1 aliphatic carbocycles. The van der Waals surface area contributed by atoms with Crippen molar-refractivity contribution < 1.29 is 4.74 Å². The van der Waals surface area contributed by atoms with E-state index in [0.29, 0.717) is 5.92 Å². The Hall–Kier alpha value is -0.340. The van der Waals surface area contributed by atoms with E-state index in [-0.39, 0.29) is 0 Å². The molecule has 0 N–H and O–H groups in total. The minimum atomic E-state index is 0.594. The van der Waals surface area contributed by atoms with Gasteiger partial charge in [-0.3, -0.25) is 0 Å². The monoisotopic (exact) mass is 280 g/mol. The highest BCUT2D eigenvalue weighted by Gasteiger charge is 2.25. The van der Waals surface area contributed by atoms with E-state index in [9.17, 15) is 0 Å². The van der Waals surface area contributed by atoms with Gasteiger partial charge < -0.3 is 4.74 Å². The van der Waals surface area contributed by atoms with Crippen molar-refractivity contribution >= 4 is 15.9 Å². The fourth-order valence-electron chi connectivity index (χ4n) is 2.53. The van der Waals surface area contributed by atoms with Crippen molar-refractivity contribution in [1.29, 1.82) is 0 Å². The van der Waals surface area contributed by atoms with Gasteiger partial charge in [-0.15, -0.1) is 0 Å². The van der Waals surface area contributed by atoms with Crippen LogP contribution in [0, 0.1) is 0 Å². The molecule has 86 valence electrons. The van der Waals surface area contributed by atoms with Crippen LogP contribution in [0.3, 0.4) is 0 Å². The van der Waals surface area contributed by atoms with Crippen LogP contribution >= 0.6 is 15.9 Å². The first-order valence-corrected chi connectivity index (χ1v) is 7.01. The molecule has 2 fully saturated rings. The SMILES string of the molecule is Brc1cc(C2CC2)ccc1C1CCCOC1. The first-order chi connectivity index (χ1) is 7.84. The van der Waals surface area contributed by atoms with Gasteiger partial charge in [0, 0.05) is 17.0 Å². The van der Waals surface area contributed by atoms with E-state index in [4.69, 9.17) is 4.74 Å². The summed E-state index contributed by atoms with van der Waals surface area (Å²) in [7, 11) is 0. The molecule has 3 rings (SSSR count). The summed E-state index contributed by atoms with van der Waals surface area (Å²) in [5.41, 5.74) is 2.94. The predicted octanol–water partition coefficient (Wildman–Crippen LogP) is 4.22. The summed E-state index contributed by atoms with van der Waals surface area (Å²) in [6.45, 7) is 1.83. The minimum absolute atomic E-state index is 0.594. The molecular weight excluding hydrogens is 264 g/mol. The maximum Gasteiger partial charge on any atom is 0.0535 e. The van der Waals surface area contributed by atoms with Gasteiger partial charge in [0.2, 0.25) is 0 Å². The maximum absolute atomic E-state index is 5.56. The van der Waals surface area contributed by atoms with E-state index in [1.54, 1.807) is 0 Å². The summed E-state index contributed by atoms with van der Waals surface area (Å²) >= 11 is 3.72. The highest BCUT2D eigenvalue weighted by Crippen LogP contribution is 2.42.